The normalized spacial score (nSPS) is 12.9. The van der Waals surface area contributed by atoms with Crippen molar-refractivity contribution in [1.29, 1.82) is 0 Å². The van der Waals surface area contributed by atoms with E-state index >= 15 is 0 Å². The Balaban J connectivity index is 2.65. The highest BCUT2D eigenvalue weighted by atomic mass is 28.3. The van der Waals surface area contributed by atoms with E-state index in [1.807, 2.05) is 0 Å². The summed E-state index contributed by atoms with van der Waals surface area (Å²) in [7, 11) is -1.74. The lowest BCUT2D eigenvalue weighted by atomic mass is 10.4. The molecule has 1 heteroatoms. The lowest BCUT2D eigenvalue weighted by Crippen LogP contribution is -2.60. The lowest BCUT2D eigenvalue weighted by Gasteiger charge is -2.36. The van der Waals surface area contributed by atoms with Crippen LogP contribution in [0.3, 0.4) is 0 Å². The predicted molar refractivity (Wildman–Crippen MR) is 88.0 cm³/mol. The summed E-state index contributed by atoms with van der Waals surface area (Å²) in [5.74, 6) is 0. The Kier molecular flexibility index (Phi) is 4.38. The minimum absolute atomic E-state index is 0.530. The van der Waals surface area contributed by atoms with Gasteiger partial charge in [0, 0.05) is 0 Å². The largest absolute Gasteiger partial charge is 0.124 e. The van der Waals surface area contributed by atoms with Crippen LogP contribution >= 0.6 is 0 Å². The fraction of sp³-hybridized carbons (Fsp3) is 0.222. The Morgan fingerprint density at radius 3 is 1.68 bits per heavy atom. The quantitative estimate of drug-likeness (QED) is 0.570. The van der Waals surface area contributed by atoms with Gasteiger partial charge in [0.05, 0.1) is 0 Å². The van der Waals surface area contributed by atoms with Crippen molar-refractivity contribution in [2.24, 2.45) is 0 Å². The van der Waals surface area contributed by atoms with E-state index in [9.17, 15) is 0 Å². The van der Waals surface area contributed by atoms with Crippen molar-refractivity contribution in [3.63, 3.8) is 0 Å². The van der Waals surface area contributed by atoms with E-state index in [4.69, 9.17) is 0 Å². The van der Waals surface area contributed by atoms with E-state index in [-0.39, 0.29) is 0 Å². The van der Waals surface area contributed by atoms with E-state index in [0.717, 1.165) is 0 Å². The second-order valence-electron chi connectivity index (χ2n) is 5.08. The summed E-state index contributed by atoms with van der Waals surface area (Å²) in [6.45, 7) is 8.71. The molecular formula is C18H22Si. The summed E-state index contributed by atoms with van der Waals surface area (Å²) < 4.78 is 0. The third-order valence-electron chi connectivity index (χ3n) is 4.27. The van der Waals surface area contributed by atoms with Gasteiger partial charge in [0.25, 0.3) is 0 Å². The number of hydrogen-bond donors (Lipinski definition) is 0. The molecule has 0 fully saturated rings. The van der Waals surface area contributed by atoms with Crippen LogP contribution in [-0.4, -0.2) is 8.07 Å². The summed E-state index contributed by atoms with van der Waals surface area (Å²) in [6.07, 6.45) is 2.13. The highest BCUT2D eigenvalue weighted by Gasteiger charge is 2.39. The summed E-state index contributed by atoms with van der Waals surface area (Å²) in [5, 5.41) is 3.02. The first-order chi connectivity index (χ1) is 9.25. The molecule has 0 nitrogen and oxygen atoms in total. The molecule has 0 aliphatic carbocycles. The Morgan fingerprint density at radius 1 is 0.947 bits per heavy atom. The molecule has 0 aliphatic rings. The maximum atomic E-state index is 4.06. The van der Waals surface area contributed by atoms with Crippen molar-refractivity contribution in [3.8, 4) is 0 Å². The van der Waals surface area contributed by atoms with Crippen LogP contribution in [0.25, 0.3) is 0 Å². The predicted octanol–water partition coefficient (Wildman–Crippen LogP) is 3.85. The first-order valence-corrected chi connectivity index (χ1v) is 9.27. The third-order valence-corrected chi connectivity index (χ3v) is 9.90. The Hall–Kier alpha value is -1.60. The van der Waals surface area contributed by atoms with Crippen molar-refractivity contribution in [2.75, 3.05) is 0 Å². The number of hydrogen-bond acceptors (Lipinski definition) is 0. The molecule has 0 amide bonds. The minimum Gasteiger partial charge on any atom is -0.103 e. The highest BCUT2D eigenvalue weighted by molar-refractivity contribution is 7.03. The summed E-state index contributed by atoms with van der Waals surface area (Å²) in [6, 6.07) is 23.2. The number of rotatable bonds is 5. The van der Waals surface area contributed by atoms with Crippen LogP contribution in [0, 0.1) is 0 Å². The number of benzene rings is 2. The van der Waals surface area contributed by atoms with Gasteiger partial charge < -0.3 is 0 Å². The van der Waals surface area contributed by atoms with Gasteiger partial charge in [0.1, 0.15) is 8.07 Å². The maximum Gasteiger partial charge on any atom is 0.124 e. The van der Waals surface area contributed by atoms with Crippen molar-refractivity contribution in [3.05, 3.63) is 73.3 Å². The molecule has 0 radical (unpaired) electrons. The first kappa shape index (κ1) is 13.8. The molecule has 0 spiro atoms. The molecule has 0 aliphatic heterocycles. The second kappa shape index (κ2) is 6.03. The van der Waals surface area contributed by atoms with Crippen LogP contribution < -0.4 is 10.4 Å². The Morgan fingerprint density at radius 2 is 1.37 bits per heavy atom. The summed E-state index contributed by atoms with van der Waals surface area (Å²) in [4.78, 5) is 0. The molecular weight excluding hydrogens is 244 g/mol. The van der Waals surface area contributed by atoms with E-state index in [1.54, 1.807) is 0 Å². The fourth-order valence-electron chi connectivity index (χ4n) is 3.09. The Bertz CT molecular complexity index is 476. The van der Waals surface area contributed by atoms with Gasteiger partial charge in [0.2, 0.25) is 0 Å². The smallest absolute Gasteiger partial charge is 0.103 e. The molecule has 1 atom stereocenters. The SMILES string of the molecule is C=CC(C)[Si](CC)(c1ccccc1)c1ccccc1. The topological polar surface area (TPSA) is 0 Å². The standard InChI is InChI=1S/C18H22Si/c1-4-16(3)19(5-2,17-12-8-6-9-13-17)18-14-10-7-11-15-18/h4,6-16H,1,5H2,2-3H3. The molecule has 0 saturated heterocycles. The van der Waals surface area contributed by atoms with Crippen LogP contribution in [0.15, 0.2) is 73.3 Å². The minimum atomic E-state index is -1.74. The molecule has 98 valence electrons. The lowest BCUT2D eigenvalue weighted by molar-refractivity contribution is 1.12. The van der Waals surface area contributed by atoms with Crippen molar-refractivity contribution in [1.82, 2.24) is 0 Å². The van der Waals surface area contributed by atoms with Gasteiger partial charge >= 0.3 is 0 Å². The van der Waals surface area contributed by atoms with Gasteiger partial charge in [-0.25, -0.2) is 0 Å². The van der Waals surface area contributed by atoms with E-state index in [1.165, 1.54) is 16.4 Å². The van der Waals surface area contributed by atoms with Crippen LogP contribution in [-0.2, 0) is 0 Å². The molecule has 2 rings (SSSR count). The first-order valence-electron chi connectivity index (χ1n) is 6.99. The van der Waals surface area contributed by atoms with Crippen molar-refractivity contribution in [2.45, 2.75) is 25.4 Å². The molecule has 2 aromatic rings. The van der Waals surface area contributed by atoms with Gasteiger partial charge in [-0.2, -0.15) is 0 Å². The maximum absolute atomic E-state index is 4.06. The fourth-order valence-corrected chi connectivity index (χ4v) is 7.92. The van der Waals surface area contributed by atoms with E-state index < -0.39 is 8.07 Å². The summed E-state index contributed by atoms with van der Waals surface area (Å²) >= 11 is 0. The molecule has 19 heavy (non-hydrogen) atoms. The third kappa shape index (κ3) is 2.43. The zero-order chi connectivity index (χ0) is 13.7. The van der Waals surface area contributed by atoms with Gasteiger partial charge in [-0.15, -0.1) is 6.58 Å². The number of allylic oxidation sites excluding steroid dienone is 1. The van der Waals surface area contributed by atoms with Crippen LogP contribution in [0.4, 0.5) is 0 Å². The summed E-state index contributed by atoms with van der Waals surface area (Å²) in [5.41, 5.74) is 0.530. The van der Waals surface area contributed by atoms with Gasteiger partial charge in [0.15, 0.2) is 0 Å². The van der Waals surface area contributed by atoms with Gasteiger partial charge in [-0.3, -0.25) is 0 Å². The molecule has 0 bridgehead atoms. The van der Waals surface area contributed by atoms with Crippen molar-refractivity contribution < 1.29 is 0 Å². The zero-order valence-electron chi connectivity index (χ0n) is 11.8. The van der Waals surface area contributed by atoms with E-state index in [2.05, 4.69) is 87.2 Å². The monoisotopic (exact) mass is 266 g/mol. The molecule has 0 heterocycles. The van der Waals surface area contributed by atoms with Gasteiger partial charge in [-0.1, -0.05) is 97.0 Å². The average molecular weight is 266 g/mol. The molecule has 0 aromatic heterocycles. The van der Waals surface area contributed by atoms with Crippen LogP contribution in [0.2, 0.25) is 11.6 Å². The highest BCUT2D eigenvalue weighted by Crippen LogP contribution is 2.26. The average Bonchev–Trinajstić information content (AvgIpc) is 2.50. The van der Waals surface area contributed by atoms with Gasteiger partial charge in [-0.05, 0) is 5.54 Å². The van der Waals surface area contributed by atoms with Crippen LogP contribution in [0.1, 0.15) is 13.8 Å². The second-order valence-corrected chi connectivity index (χ2v) is 9.80. The Labute approximate surface area is 117 Å². The van der Waals surface area contributed by atoms with Crippen molar-refractivity contribution >= 4 is 18.4 Å². The molecule has 2 aromatic carbocycles. The molecule has 0 saturated carbocycles. The zero-order valence-corrected chi connectivity index (χ0v) is 12.8. The molecule has 1 unspecified atom stereocenters. The molecule has 0 N–H and O–H groups in total. The van der Waals surface area contributed by atoms with Crippen LogP contribution in [0.5, 0.6) is 0 Å². The van der Waals surface area contributed by atoms with E-state index in [0.29, 0.717) is 5.54 Å².